The molecule has 0 radical (unpaired) electrons. The van der Waals surface area contributed by atoms with Crippen LogP contribution in [0.1, 0.15) is 47.8 Å². The molecule has 7 heteroatoms. The molecule has 1 aliphatic carbocycles. The number of carboxylic acid groups (broad SMARTS) is 1. The van der Waals surface area contributed by atoms with Gasteiger partial charge in [0.15, 0.2) is 11.3 Å². The molecule has 3 heterocycles. The number of carbonyl (C=O) groups is 1. The summed E-state index contributed by atoms with van der Waals surface area (Å²) < 4.78 is 1.83. The second-order valence-corrected chi connectivity index (χ2v) is 8.64. The fourth-order valence-corrected chi connectivity index (χ4v) is 4.58. The number of rotatable bonds is 5. The summed E-state index contributed by atoms with van der Waals surface area (Å²) in [5.74, 6) is -0.589. The van der Waals surface area contributed by atoms with Gasteiger partial charge in [0.1, 0.15) is 0 Å². The highest BCUT2D eigenvalue weighted by molar-refractivity contribution is 5.98. The highest BCUT2D eigenvalue weighted by atomic mass is 16.4. The number of carboxylic acids is 1. The number of benzene rings is 1. The van der Waals surface area contributed by atoms with Gasteiger partial charge in [-0.2, -0.15) is 5.10 Å². The zero-order valence-electron chi connectivity index (χ0n) is 17.5. The van der Waals surface area contributed by atoms with Gasteiger partial charge in [0.25, 0.3) is 0 Å². The minimum atomic E-state index is -1.01. The Morgan fingerprint density at radius 1 is 1.17 bits per heavy atom. The summed E-state index contributed by atoms with van der Waals surface area (Å²) in [5, 5.41) is 15.8. The van der Waals surface area contributed by atoms with Crippen molar-refractivity contribution in [1.82, 2.24) is 19.7 Å². The van der Waals surface area contributed by atoms with Crippen LogP contribution in [-0.2, 0) is 0 Å². The predicted molar refractivity (Wildman–Crippen MR) is 117 cm³/mol. The van der Waals surface area contributed by atoms with Crippen molar-refractivity contribution in [3.63, 3.8) is 0 Å². The molecule has 1 saturated heterocycles. The number of aromatic nitrogens is 3. The van der Waals surface area contributed by atoms with Gasteiger partial charge in [-0.1, -0.05) is 24.6 Å². The van der Waals surface area contributed by atoms with Crippen LogP contribution in [0, 0.1) is 0 Å². The maximum absolute atomic E-state index is 11.9. The number of aromatic carboxylic acids is 1. The van der Waals surface area contributed by atoms with Crippen LogP contribution in [0.25, 0.3) is 16.7 Å². The molecule has 0 unspecified atom stereocenters. The first-order chi connectivity index (χ1) is 14.5. The molecule has 30 heavy (non-hydrogen) atoms. The van der Waals surface area contributed by atoms with Gasteiger partial charge in [0, 0.05) is 25.0 Å². The summed E-state index contributed by atoms with van der Waals surface area (Å²) in [5.41, 5.74) is 3.65. The van der Waals surface area contributed by atoms with Crippen molar-refractivity contribution in [1.29, 1.82) is 0 Å². The normalized spacial score (nSPS) is 19.6. The third-order valence-electron chi connectivity index (χ3n) is 6.59. The van der Waals surface area contributed by atoms with Crippen LogP contribution in [-0.4, -0.2) is 64.0 Å². The van der Waals surface area contributed by atoms with Gasteiger partial charge in [0.05, 0.1) is 22.5 Å². The van der Waals surface area contributed by atoms with E-state index in [9.17, 15) is 9.90 Å². The molecule has 1 atom stereocenters. The van der Waals surface area contributed by atoms with Gasteiger partial charge in [-0.3, -0.25) is 0 Å². The maximum atomic E-state index is 11.9. The van der Waals surface area contributed by atoms with Crippen LogP contribution >= 0.6 is 0 Å². The Hall–Kier alpha value is -2.93. The van der Waals surface area contributed by atoms with Crippen LogP contribution in [0.2, 0.25) is 0 Å². The number of likely N-dealkylation sites (N-methyl/N-ethyl adjacent to an activating group) is 1. The number of fused-ring (bicyclic) bond motifs is 1. The quantitative estimate of drug-likeness (QED) is 0.700. The van der Waals surface area contributed by atoms with Gasteiger partial charge in [0.2, 0.25) is 0 Å². The molecule has 0 spiro atoms. The van der Waals surface area contributed by atoms with Gasteiger partial charge in [-0.25, -0.2) is 14.5 Å². The van der Waals surface area contributed by atoms with Crippen molar-refractivity contribution in [3.8, 4) is 5.69 Å². The van der Waals surface area contributed by atoms with E-state index in [0.29, 0.717) is 17.6 Å². The number of hydrogen-bond donors (Lipinski definition) is 1. The second kappa shape index (κ2) is 7.40. The second-order valence-electron chi connectivity index (χ2n) is 8.64. The number of hydrogen-bond acceptors (Lipinski definition) is 5. The predicted octanol–water partition coefficient (Wildman–Crippen LogP) is 3.53. The number of pyridine rings is 1. The van der Waals surface area contributed by atoms with Crippen molar-refractivity contribution in [2.45, 2.75) is 37.6 Å². The third-order valence-corrected chi connectivity index (χ3v) is 6.59. The molecule has 1 saturated carbocycles. The van der Waals surface area contributed by atoms with Crippen molar-refractivity contribution in [2.75, 3.05) is 32.1 Å². The lowest BCUT2D eigenvalue weighted by molar-refractivity contribution is 0.0691. The molecule has 3 aromatic rings. The molecule has 2 fully saturated rings. The first-order valence-corrected chi connectivity index (χ1v) is 10.7. The zero-order valence-corrected chi connectivity index (χ0v) is 17.5. The molecule has 2 aliphatic rings. The van der Waals surface area contributed by atoms with Crippen molar-refractivity contribution in [3.05, 3.63) is 47.8 Å². The Morgan fingerprint density at radius 2 is 1.93 bits per heavy atom. The third kappa shape index (κ3) is 3.13. The fraction of sp³-hybridized carbons (Fsp3) is 0.435. The van der Waals surface area contributed by atoms with Crippen LogP contribution in [0.15, 0.2) is 36.4 Å². The van der Waals surface area contributed by atoms with Gasteiger partial charge in [-0.05, 0) is 51.6 Å². The number of anilines is 1. The summed E-state index contributed by atoms with van der Waals surface area (Å²) in [4.78, 5) is 21.1. The van der Waals surface area contributed by atoms with Crippen molar-refractivity contribution in [2.24, 2.45) is 0 Å². The Balaban J connectivity index is 1.74. The molecular formula is C23H27N5O2. The molecule has 0 amide bonds. The molecule has 1 aromatic carbocycles. The van der Waals surface area contributed by atoms with E-state index < -0.39 is 5.97 Å². The lowest BCUT2D eigenvalue weighted by Crippen LogP contribution is -2.31. The van der Waals surface area contributed by atoms with E-state index in [0.717, 1.165) is 54.8 Å². The SMILES string of the molecule is CN(C)[C@@H]1CCN(c2cc(C(=O)O)nc3c2c(C2CCC2)nn3-c2ccccc2)C1. The largest absolute Gasteiger partial charge is 0.477 e. The van der Waals surface area contributed by atoms with Crippen molar-refractivity contribution < 1.29 is 9.90 Å². The lowest BCUT2D eigenvalue weighted by atomic mass is 9.82. The summed E-state index contributed by atoms with van der Waals surface area (Å²) in [6, 6.07) is 12.1. The van der Waals surface area contributed by atoms with E-state index in [-0.39, 0.29) is 5.69 Å². The molecule has 0 bridgehead atoms. The van der Waals surface area contributed by atoms with Gasteiger partial charge in [-0.15, -0.1) is 0 Å². The molecule has 156 valence electrons. The Morgan fingerprint density at radius 3 is 2.53 bits per heavy atom. The van der Waals surface area contributed by atoms with E-state index in [1.54, 1.807) is 6.07 Å². The Labute approximate surface area is 175 Å². The summed E-state index contributed by atoms with van der Waals surface area (Å²) in [6.45, 7) is 1.79. The zero-order chi connectivity index (χ0) is 20.8. The molecule has 5 rings (SSSR count). The Kier molecular flexibility index (Phi) is 4.70. The van der Waals surface area contributed by atoms with Crippen LogP contribution in [0.3, 0.4) is 0 Å². The van der Waals surface area contributed by atoms with Crippen LogP contribution in [0.4, 0.5) is 5.69 Å². The van der Waals surface area contributed by atoms with Gasteiger partial charge >= 0.3 is 5.97 Å². The molecule has 2 aromatic heterocycles. The lowest BCUT2D eigenvalue weighted by Gasteiger charge is -2.26. The first-order valence-electron chi connectivity index (χ1n) is 10.7. The average molecular weight is 406 g/mol. The van der Waals surface area contributed by atoms with E-state index in [1.165, 1.54) is 6.42 Å². The highest BCUT2D eigenvalue weighted by Crippen LogP contribution is 2.43. The molecular weight excluding hydrogens is 378 g/mol. The fourth-order valence-electron chi connectivity index (χ4n) is 4.58. The summed E-state index contributed by atoms with van der Waals surface area (Å²) >= 11 is 0. The molecule has 1 N–H and O–H groups in total. The van der Waals surface area contributed by atoms with E-state index in [2.05, 4.69) is 28.9 Å². The number of nitrogens with zero attached hydrogens (tertiary/aromatic N) is 5. The summed E-state index contributed by atoms with van der Waals surface area (Å²) in [6.07, 6.45) is 4.53. The first kappa shape index (κ1) is 19.1. The monoisotopic (exact) mass is 405 g/mol. The summed E-state index contributed by atoms with van der Waals surface area (Å²) in [7, 11) is 4.21. The van der Waals surface area contributed by atoms with E-state index in [4.69, 9.17) is 5.10 Å². The Bertz CT molecular complexity index is 1090. The topological polar surface area (TPSA) is 74.5 Å². The minimum Gasteiger partial charge on any atom is -0.477 e. The van der Waals surface area contributed by atoms with Crippen LogP contribution < -0.4 is 4.90 Å². The van der Waals surface area contributed by atoms with Crippen molar-refractivity contribution >= 4 is 22.7 Å². The molecule has 1 aliphatic heterocycles. The molecule has 7 nitrogen and oxygen atoms in total. The van der Waals surface area contributed by atoms with Gasteiger partial charge < -0.3 is 14.9 Å². The smallest absolute Gasteiger partial charge is 0.354 e. The van der Waals surface area contributed by atoms with E-state index >= 15 is 0 Å². The maximum Gasteiger partial charge on any atom is 0.354 e. The highest BCUT2D eigenvalue weighted by Gasteiger charge is 2.32. The minimum absolute atomic E-state index is 0.0723. The average Bonchev–Trinajstić information content (AvgIpc) is 3.33. The standard InChI is InChI=1S/C23H27N5O2/c1-26(2)17-11-12-27(14-17)19-13-18(23(29)30)24-22-20(19)21(15-7-6-8-15)25-28(22)16-9-4-3-5-10-16/h3-5,9-10,13,15,17H,6-8,11-12,14H2,1-2H3,(H,29,30)/t17-/m1/s1. The number of para-hydroxylation sites is 1. The van der Waals surface area contributed by atoms with Crippen LogP contribution in [0.5, 0.6) is 0 Å². The van der Waals surface area contributed by atoms with E-state index in [1.807, 2.05) is 35.0 Å².